The van der Waals surface area contributed by atoms with Crippen molar-refractivity contribution in [3.05, 3.63) is 52.3 Å². The molecule has 0 amide bonds. The van der Waals surface area contributed by atoms with Gasteiger partial charge < -0.3 is 15.3 Å². The van der Waals surface area contributed by atoms with E-state index in [1.807, 2.05) is 6.07 Å². The van der Waals surface area contributed by atoms with Gasteiger partial charge >= 0.3 is 10.5 Å². The molecular formula is C15H15N2O4S+. The Labute approximate surface area is 129 Å². The Hall–Kier alpha value is -2.22. The Morgan fingerprint density at radius 3 is 2.68 bits per heavy atom. The van der Waals surface area contributed by atoms with E-state index in [4.69, 9.17) is 5.11 Å². The third-order valence-electron chi connectivity index (χ3n) is 3.40. The molecule has 1 aromatic carbocycles. The van der Waals surface area contributed by atoms with Crippen LogP contribution in [0.1, 0.15) is 0 Å². The van der Waals surface area contributed by atoms with Crippen molar-refractivity contribution in [1.29, 1.82) is 0 Å². The van der Waals surface area contributed by atoms with Crippen LogP contribution in [0.5, 0.6) is 5.88 Å². The lowest BCUT2D eigenvalue weighted by Crippen LogP contribution is -2.45. The molecule has 6 nitrogen and oxygen atoms in total. The largest absolute Gasteiger partial charge is 0.477 e. The monoisotopic (exact) mass is 319 g/mol. The minimum atomic E-state index is -1.03. The second-order valence-electron chi connectivity index (χ2n) is 4.87. The van der Waals surface area contributed by atoms with Gasteiger partial charge in [-0.05, 0) is 5.56 Å². The zero-order valence-corrected chi connectivity index (χ0v) is 12.4. The number of benzene rings is 1. The molecule has 22 heavy (non-hydrogen) atoms. The number of fused-ring (bicyclic) bond motifs is 1. The summed E-state index contributed by atoms with van der Waals surface area (Å²) >= 11 is 1.27. The molecule has 3 aromatic rings. The van der Waals surface area contributed by atoms with Crippen molar-refractivity contribution in [2.45, 2.75) is 12.6 Å². The van der Waals surface area contributed by atoms with E-state index in [0.29, 0.717) is 10.5 Å². The number of hydrogen-bond acceptors (Lipinski definition) is 5. The van der Waals surface area contributed by atoms with Gasteiger partial charge in [-0.15, -0.1) is 0 Å². The van der Waals surface area contributed by atoms with Crippen LogP contribution in [0.2, 0.25) is 0 Å². The van der Waals surface area contributed by atoms with Crippen LogP contribution in [0.25, 0.3) is 16.1 Å². The van der Waals surface area contributed by atoms with Crippen LogP contribution in [-0.2, 0) is 6.54 Å². The van der Waals surface area contributed by atoms with Crippen molar-refractivity contribution >= 4 is 16.3 Å². The number of aromatic nitrogens is 2. The lowest BCUT2D eigenvalue weighted by Gasteiger charge is -2.10. The average molecular weight is 319 g/mol. The molecule has 0 fully saturated rings. The van der Waals surface area contributed by atoms with E-state index in [1.165, 1.54) is 20.3 Å². The highest BCUT2D eigenvalue weighted by Crippen LogP contribution is 2.24. The normalized spacial score (nSPS) is 12.6. The quantitative estimate of drug-likeness (QED) is 0.607. The third kappa shape index (κ3) is 2.39. The Balaban J connectivity index is 2.31. The van der Waals surface area contributed by atoms with Crippen molar-refractivity contribution in [1.82, 2.24) is 4.40 Å². The smallest absolute Gasteiger partial charge is 0.355 e. The van der Waals surface area contributed by atoms with E-state index in [9.17, 15) is 15.0 Å². The molecule has 0 bridgehead atoms. The minimum absolute atomic E-state index is 0.00748. The zero-order chi connectivity index (χ0) is 15.7. The Bertz CT molecular complexity index is 857. The van der Waals surface area contributed by atoms with Gasteiger partial charge in [-0.25, -0.2) is 4.79 Å². The summed E-state index contributed by atoms with van der Waals surface area (Å²) in [5.74, 6) is -0.217. The highest BCUT2D eigenvalue weighted by molar-refractivity contribution is 7.14. The van der Waals surface area contributed by atoms with Crippen molar-refractivity contribution in [3.8, 4) is 17.0 Å². The first kappa shape index (κ1) is 14.7. The molecule has 3 rings (SSSR count). The number of hydrogen-bond donors (Lipinski definition) is 3. The number of aliphatic hydroxyl groups is 2. The summed E-state index contributed by atoms with van der Waals surface area (Å²) in [6.45, 7) is -0.434. The first-order valence-corrected chi connectivity index (χ1v) is 7.60. The van der Waals surface area contributed by atoms with E-state index in [0.717, 1.165) is 0 Å². The Kier molecular flexibility index (Phi) is 3.93. The predicted molar refractivity (Wildman–Crippen MR) is 81.9 cm³/mol. The summed E-state index contributed by atoms with van der Waals surface area (Å²) in [6, 6.07) is 8.86. The number of nitrogens with zero attached hydrogens (tertiary/aromatic N) is 2. The molecule has 0 aliphatic rings. The van der Waals surface area contributed by atoms with Gasteiger partial charge in [0.25, 0.3) is 5.88 Å². The van der Waals surface area contributed by atoms with Crippen LogP contribution < -0.4 is 10.1 Å². The lowest BCUT2D eigenvalue weighted by atomic mass is 10.1. The number of aromatic hydroxyl groups is 1. The summed E-state index contributed by atoms with van der Waals surface area (Å²) in [5.41, 5.74) is 0.439. The molecule has 7 heteroatoms. The Morgan fingerprint density at radius 1 is 1.27 bits per heavy atom. The standard InChI is InChI=1S/C15H14N2O4S/c18-9-11(19)8-17-14(21)12(10-4-2-1-3-5-10)13(20)16-6-7-22-15(16)17/h1-7,11,18-19H,8-9H2/p+1. The minimum Gasteiger partial charge on any atom is -0.477 e. The molecule has 0 aliphatic carbocycles. The molecule has 1 unspecified atom stereocenters. The maximum absolute atomic E-state index is 12.6. The van der Waals surface area contributed by atoms with E-state index >= 15 is 0 Å². The maximum atomic E-state index is 12.6. The van der Waals surface area contributed by atoms with Crippen LogP contribution in [-0.4, -0.2) is 32.4 Å². The fourth-order valence-corrected chi connectivity index (χ4v) is 3.20. The fourth-order valence-electron chi connectivity index (χ4n) is 2.35. The van der Waals surface area contributed by atoms with Gasteiger partial charge in [0.15, 0.2) is 5.56 Å². The molecule has 0 saturated heterocycles. The molecule has 0 spiro atoms. The first-order chi connectivity index (χ1) is 10.6. The van der Waals surface area contributed by atoms with Gasteiger partial charge in [0.2, 0.25) is 0 Å². The Morgan fingerprint density at radius 2 is 2.00 bits per heavy atom. The predicted octanol–water partition coefficient (Wildman–Crippen LogP) is 0.374. The highest BCUT2D eigenvalue weighted by atomic mass is 32.1. The second kappa shape index (κ2) is 5.88. The highest BCUT2D eigenvalue weighted by Gasteiger charge is 2.27. The topological polar surface area (TPSA) is 86.0 Å². The first-order valence-electron chi connectivity index (χ1n) is 6.72. The number of rotatable bonds is 4. The lowest BCUT2D eigenvalue weighted by molar-refractivity contribution is -0.685. The van der Waals surface area contributed by atoms with E-state index in [1.54, 1.807) is 35.8 Å². The van der Waals surface area contributed by atoms with Crippen LogP contribution in [0.3, 0.4) is 0 Å². The van der Waals surface area contributed by atoms with Crippen LogP contribution >= 0.6 is 11.3 Å². The third-order valence-corrected chi connectivity index (χ3v) is 4.28. The number of thiazole rings is 1. The van der Waals surface area contributed by atoms with Gasteiger partial charge in [0.1, 0.15) is 18.8 Å². The van der Waals surface area contributed by atoms with Crippen molar-refractivity contribution in [2.75, 3.05) is 6.61 Å². The summed E-state index contributed by atoms with van der Waals surface area (Å²) < 4.78 is 2.87. The van der Waals surface area contributed by atoms with Gasteiger partial charge in [-0.2, -0.15) is 8.97 Å². The molecule has 2 heterocycles. The van der Waals surface area contributed by atoms with E-state index in [-0.39, 0.29) is 23.5 Å². The van der Waals surface area contributed by atoms with Crippen molar-refractivity contribution in [2.24, 2.45) is 0 Å². The summed E-state index contributed by atoms with van der Waals surface area (Å²) in [5, 5.41) is 31.0. The molecule has 114 valence electrons. The van der Waals surface area contributed by atoms with Gasteiger partial charge in [0.05, 0.1) is 6.61 Å². The van der Waals surface area contributed by atoms with Crippen molar-refractivity contribution in [3.63, 3.8) is 0 Å². The zero-order valence-electron chi connectivity index (χ0n) is 11.6. The summed E-state index contributed by atoms with van der Waals surface area (Å²) in [7, 11) is 0. The van der Waals surface area contributed by atoms with Crippen molar-refractivity contribution < 1.29 is 19.9 Å². The van der Waals surface area contributed by atoms with Crippen LogP contribution in [0, 0.1) is 0 Å². The average Bonchev–Trinajstić information content (AvgIpc) is 3.02. The number of aliphatic hydroxyl groups excluding tert-OH is 2. The molecule has 0 saturated carbocycles. The maximum Gasteiger partial charge on any atom is 0.355 e. The fraction of sp³-hybridized carbons (Fsp3) is 0.200. The SMILES string of the molecule is O=c1c(-c2ccccc2)c(O)[n+](CC(O)CO)c2sccn12. The van der Waals surface area contributed by atoms with Crippen LogP contribution in [0.4, 0.5) is 0 Å². The van der Waals surface area contributed by atoms with Gasteiger partial charge in [-0.1, -0.05) is 41.7 Å². The van der Waals surface area contributed by atoms with Crippen LogP contribution in [0.15, 0.2) is 46.7 Å². The van der Waals surface area contributed by atoms with E-state index < -0.39 is 12.7 Å². The second-order valence-corrected chi connectivity index (χ2v) is 5.75. The molecule has 3 N–H and O–H groups in total. The van der Waals surface area contributed by atoms with E-state index in [2.05, 4.69) is 0 Å². The molecule has 0 aliphatic heterocycles. The molecule has 1 atom stereocenters. The molecular weight excluding hydrogens is 304 g/mol. The summed E-state index contributed by atoms with van der Waals surface area (Å²) in [6.07, 6.45) is 0.596. The molecule has 2 aromatic heterocycles. The van der Waals surface area contributed by atoms with Gasteiger partial charge in [-0.3, -0.25) is 0 Å². The van der Waals surface area contributed by atoms with Gasteiger partial charge in [0, 0.05) is 5.38 Å². The molecule has 0 radical (unpaired) electrons. The summed E-state index contributed by atoms with van der Waals surface area (Å²) in [4.78, 5) is 13.1.